The molecule has 5 nitrogen and oxygen atoms in total. The van der Waals surface area contributed by atoms with Crippen LogP contribution >= 0.6 is 0 Å². The molecule has 2 saturated heterocycles. The molecule has 2 aliphatic heterocycles. The summed E-state index contributed by atoms with van der Waals surface area (Å²) in [4.78, 5) is 17.5. The van der Waals surface area contributed by atoms with E-state index in [1.54, 1.807) is 0 Å². The van der Waals surface area contributed by atoms with E-state index in [1.165, 1.54) is 38.8 Å². The molecule has 0 aromatic heterocycles. The molecule has 0 bridgehead atoms. The second-order valence-electron chi connectivity index (χ2n) is 7.64. The fraction of sp³-hybridized carbons (Fsp3) is 0.682. The fourth-order valence-corrected chi connectivity index (χ4v) is 4.08. The van der Waals surface area contributed by atoms with E-state index >= 15 is 0 Å². The Bertz CT molecular complexity index is 538. The molecule has 3 rings (SSSR count). The Hall–Kier alpha value is -1.59. The molecule has 1 aromatic carbocycles. The number of likely N-dealkylation sites (tertiary alicyclic amines) is 1. The molecule has 27 heavy (non-hydrogen) atoms. The summed E-state index contributed by atoms with van der Waals surface area (Å²) < 4.78 is 11.2. The average molecular weight is 375 g/mol. The summed E-state index contributed by atoms with van der Waals surface area (Å²) in [6.45, 7) is 5.95. The molecule has 0 atom stereocenters. The summed E-state index contributed by atoms with van der Waals surface area (Å²) in [6, 6.07) is 9.88. The topological polar surface area (TPSA) is 42.0 Å². The molecule has 2 heterocycles. The number of hydrogen-bond acceptors (Lipinski definition) is 4. The molecule has 5 heteroatoms. The third-order valence-electron chi connectivity index (χ3n) is 5.63. The highest BCUT2D eigenvalue weighted by molar-refractivity contribution is 5.78. The zero-order valence-electron chi connectivity index (χ0n) is 16.5. The number of rotatable bonds is 8. The van der Waals surface area contributed by atoms with Gasteiger partial charge in [0.25, 0.3) is 5.91 Å². The second-order valence-corrected chi connectivity index (χ2v) is 7.64. The fourth-order valence-electron chi connectivity index (χ4n) is 4.08. The van der Waals surface area contributed by atoms with Crippen LogP contribution < -0.4 is 4.74 Å². The first kappa shape index (κ1) is 20.2. The molecule has 1 aromatic rings. The van der Waals surface area contributed by atoms with Gasteiger partial charge in [0.1, 0.15) is 5.75 Å². The zero-order valence-corrected chi connectivity index (χ0v) is 16.5. The maximum Gasteiger partial charge on any atom is 0.260 e. The van der Waals surface area contributed by atoms with Crippen molar-refractivity contribution in [2.45, 2.75) is 51.0 Å². The highest BCUT2D eigenvalue weighted by Gasteiger charge is 2.26. The lowest BCUT2D eigenvalue weighted by Gasteiger charge is -2.35. The van der Waals surface area contributed by atoms with E-state index in [9.17, 15) is 4.79 Å². The highest BCUT2D eigenvalue weighted by Crippen LogP contribution is 2.17. The van der Waals surface area contributed by atoms with Crippen LogP contribution in [0.4, 0.5) is 0 Å². The van der Waals surface area contributed by atoms with Crippen molar-refractivity contribution < 1.29 is 14.3 Å². The number of benzene rings is 1. The third-order valence-corrected chi connectivity index (χ3v) is 5.63. The predicted octanol–water partition coefficient (Wildman–Crippen LogP) is 3.34. The quantitative estimate of drug-likeness (QED) is 0.700. The molecule has 0 unspecified atom stereocenters. The molecule has 0 N–H and O–H groups in total. The van der Waals surface area contributed by atoms with E-state index in [2.05, 4.69) is 9.80 Å². The van der Waals surface area contributed by atoms with Crippen molar-refractivity contribution in [2.75, 3.05) is 46.0 Å². The molecule has 1 amide bonds. The summed E-state index contributed by atoms with van der Waals surface area (Å²) in [5, 5.41) is 0. The lowest BCUT2D eigenvalue weighted by Crippen LogP contribution is -2.46. The molecular weight excluding hydrogens is 340 g/mol. The van der Waals surface area contributed by atoms with Gasteiger partial charge in [-0.2, -0.15) is 0 Å². The van der Waals surface area contributed by atoms with Gasteiger partial charge in [0.05, 0.1) is 0 Å². The Labute approximate surface area is 163 Å². The summed E-state index contributed by atoms with van der Waals surface area (Å²) >= 11 is 0. The Morgan fingerprint density at radius 3 is 2.48 bits per heavy atom. The first-order valence-electron chi connectivity index (χ1n) is 10.6. The van der Waals surface area contributed by atoms with Crippen molar-refractivity contribution in [3.63, 3.8) is 0 Å². The summed E-state index contributed by atoms with van der Waals surface area (Å²) in [5.41, 5.74) is 0. The van der Waals surface area contributed by atoms with Crippen LogP contribution in [0.2, 0.25) is 0 Å². The monoisotopic (exact) mass is 374 g/mol. The lowest BCUT2D eigenvalue weighted by molar-refractivity contribution is -0.137. The van der Waals surface area contributed by atoms with Crippen molar-refractivity contribution in [3.05, 3.63) is 30.3 Å². The lowest BCUT2D eigenvalue weighted by atomic mass is 10.1. The van der Waals surface area contributed by atoms with Gasteiger partial charge in [0.15, 0.2) is 6.61 Å². The Kier molecular flexibility index (Phi) is 8.43. The van der Waals surface area contributed by atoms with Crippen molar-refractivity contribution in [1.29, 1.82) is 0 Å². The molecule has 150 valence electrons. The van der Waals surface area contributed by atoms with Crippen LogP contribution in [0.5, 0.6) is 5.75 Å². The number of nitrogens with zero attached hydrogens (tertiary/aromatic N) is 2. The number of para-hydroxylation sites is 1. The predicted molar refractivity (Wildman–Crippen MR) is 107 cm³/mol. The van der Waals surface area contributed by atoms with E-state index in [-0.39, 0.29) is 18.6 Å². The summed E-state index contributed by atoms with van der Waals surface area (Å²) in [6.07, 6.45) is 8.25. The van der Waals surface area contributed by atoms with Crippen LogP contribution in [0.15, 0.2) is 30.3 Å². The molecule has 0 radical (unpaired) electrons. The van der Waals surface area contributed by atoms with Crippen LogP contribution in [-0.4, -0.2) is 67.7 Å². The standard InChI is InChI=1S/C22H34N2O3/c25-22(19-27-21-9-4-3-5-10-21)24(20-11-17-26-18-12-20)16-8-15-23-13-6-1-2-7-14-23/h3-5,9-10,20H,1-2,6-8,11-19H2. The number of carbonyl (C=O) groups is 1. The highest BCUT2D eigenvalue weighted by atomic mass is 16.5. The smallest absolute Gasteiger partial charge is 0.260 e. The second kappa shape index (κ2) is 11.3. The van der Waals surface area contributed by atoms with Crippen molar-refractivity contribution in [1.82, 2.24) is 9.80 Å². The Morgan fingerprint density at radius 1 is 1.07 bits per heavy atom. The van der Waals surface area contributed by atoms with Gasteiger partial charge in [-0.1, -0.05) is 31.0 Å². The van der Waals surface area contributed by atoms with Gasteiger partial charge >= 0.3 is 0 Å². The normalized spacial score (nSPS) is 19.4. The van der Waals surface area contributed by atoms with Gasteiger partial charge in [0, 0.05) is 25.8 Å². The Balaban J connectivity index is 1.50. The minimum Gasteiger partial charge on any atom is -0.484 e. The van der Waals surface area contributed by atoms with E-state index < -0.39 is 0 Å². The first-order valence-corrected chi connectivity index (χ1v) is 10.6. The van der Waals surface area contributed by atoms with Gasteiger partial charge in [-0.3, -0.25) is 4.79 Å². The zero-order chi connectivity index (χ0) is 18.7. The number of amides is 1. The maximum absolute atomic E-state index is 12.9. The van der Waals surface area contributed by atoms with Crippen LogP contribution in [0.25, 0.3) is 0 Å². The van der Waals surface area contributed by atoms with E-state index in [0.29, 0.717) is 0 Å². The summed E-state index contributed by atoms with van der Waals surface area (Å²) in [5.74, 6) is 0.851. The molecular formula is C22H34N2O3. The van der Waals surface area contributed by atoms with Crippen LogP contribution in [0.3, 0.4) is 0 Å². The summed E-state index contributed by atoms with van der Waals surface area (Å²) in [7, 11) is 0. The number of hydrogen-bond donors (Lipinski definition) is 0. The van der Waals surface area contributed by atoms with Crippen LogP contribution in [0, 0.1) is 0 Å². The van der Waals surface area contributed by atoms with E-state index in [4.69, 9.17) is 9.47 Å². The van der Waals surface area contributed by atoms with Crippen LogP contribution in [0.1, 0.15) is 44.9 Å². The van der Waals surface area contributed by atoms with E-state index in [1.807, 2.05) is 30.3 Å². The van der Waals surface area contributed by atoms with Crippen LogP contribution in [-0.2, 0) is 9.53 Å². The number of carbonyl (C=O) groups excluding carboxylic acids is 1. The van der Waals surface area contributed by atoms with Gasteiger partial charge in [-0.05, 0) is 63.9 Å². The van der Waals surface area contributed by atoms with Gasteiger partial charge in [-0.15, -0.1) is 0 Å². The minimum atomic E-state index is 0.0987. The van der Waals surface area contributed by atoms with E-state index in [0.717, 1.165) is 51.3 Å². The van der Waals surface area contributed by atoms with Crippen molar-refractivity contribution >= 4 is 5.91 Å². The molecule has 0 aliphatic carbocycles. The first-order chi connectivity index (χ1) is 13.3. The van der Waals surface area contributed by atoms with Gasteiger partial charge in [-0.25, -0.2) is 0 Å². The molecule has 0 saturated carbocycles. The Morgan fingerprint density at radius 2 is 1.78 bits per heavy atom. The van der Waals surface area contributed by atoms with Crippen molar-refractivity contribution in [2.24, 2.45) is 0 Å². The average Bonchev–Trinajstić information content (AvgIpc) is 3.00. The molecule has 0 spiro atoms. The molecule has 2 fully saturated rings. The largest absolute Gasteiger partial charge is 0.484 e. The molecule has 2 aliphatic rings. The van der Waals surface area contributed by atoms with Gasteiger partial charge in [0.2, 0.25) is 0 Å². The van der Waals surface area contributed by atoms with Crippen molar-refractivity contribution in [3.8, 4) is 5.75 Å². The minimum absolute atomic E-state index is 0.0987. The maximum atomic E-state index is 12.9. The van der Waals surface area contributed by atoms with Gasteiger partial charge < -0.3 is 19.3 Å². The number of ether oxygens (including phenoxy) is 2. The third kappa shape index (κ3) is 6.82. The SMILES string of the molecule is O=C(COc1ccccc1)N(CCCN1CCCCCC1)C1CCOCC1.